The highest BCUT2D eigenvalue weighted by molar-refractivity contribution is 5.92. The van der Waals surface area contributed by atoms with Gasteiger partial charge in [-0.2, -0.15) is 0 Å². The topological polar surface area (TPSA) is 49.4 Å². The minimum absolute atomic E-state index is 0.00818. The van der Waals surface area contributed by atoms with Gasteiger partial charge in [0.05, 0.1) is 5.69 Å². The van der Waals surface area contributed by atoms with Gasteiger partial charge in [0.2, 0.25) is 11.8 Å². The molecule has 2 rings (SSSR count). The number of nitrogens with one attached hydrogen (secondary N) is 1. The first-order valence-corrected chi connectivity index (χ1v) is 8.50. The summed E-state index contributed by atoms with van der Waals surface area (Å²) in [5.74, 6) is -2.04. The summed E-state index contributed by atoms with van der Waals surface area (Å²) in [6, 6.07) is 3.24. The molecule has 0 bridgehead atoms. The summed E-state index contributed by atoms with van der Waals surface area (Å²) < 4.78 is 26.9. The highest BCUT2D eigenvalue weighted by atomic mass is 19.1. The van der Waals surface area contributed by atoms with Gasteiger partial charge in [0.1, 0.15) is 11.6 Å². The van der Waals surface area contributed by atoms with Crippen molar-refractivity contribution >= 4 is 17.5 Å². The Morgan fingerprint density at radius 2 is 1.83 bits per heavy atom. The number of halogens is 2. The number of benzene rings is 1. The number of nitrogens with zero attached hydrogens (tertiary/aromatic N) is 1. The third-order valence-electron chi connectivity index (χ3n) is 4.36. The Kier molecular flexibility index (Phi) is 6.70. The van der Waals surface area contributed by atoms with E-state index < -0.39 is 11.6 Å². The van der Waals surface area contributed by atoms with Gasteiger partial charge in [-0.05, 0) is 25.0 Å². The normalized spacial score (nSPS) is 15.6. The molecule has 24 heavy (non-hydrogen) atoms. The Hall–Kier alpha value is -1.98. The highest BCUT2D eigenvalue weighted by Gasteiger charge is 2.19. The van der Waals surface area contributed by atoms with Gasteiger partial charge in [-0.3, -0.25) is 9.59 Å². The van der Waals surface area contributed by atoms with Crippen LogP contribution in [0.4, 0.5) is 14.5 Å². The number of amides is 2. The van der Waals surface area contributed by atoms with Gasteiger partial charge in [-0.1, -0.05) is 25.7 Å². The molecule has 132 valence electrons. The fourth-order valence-electron chi connectivity index (χ4n) is 3.08. The SMILES string of the molecule is CC(=O)N(CCC(=O)NC1CCCCCC1)c1ccc(F)cc1F. The van der Waals surface area contributed by atoms with Gasteiger partial charge >= 0.3 is 0 Å². The van der Waals surface area contributed by atoms with Gasteiger partial charge in [0.15, 0.2) is 0 Å². The van der Waals surface area contributed by atoms with Crippen LogP contribution in [0.3, 0.4) is 0 Å². The van der Waals surface area contributed by atoms with Crippen molar-refractivity contribution < 1.29 is 18.4 Å². The molecule has 0 radical (unpaired) electrons. The highest BCUT2D eigenvalue weighted by Crippen LogP contribution is 2.21. The van der Waals surface area contributed by atoms with Gasteiger partial charge in [0, 0.05) is 32.0 Å². The van der Waals surface area contributed by atoms with Crippen LogP contribution in [0.15, 0.2) is 18.2 Å². The lowest BCUT2D eigenvalue weighted by atomic mass is 10.1. The van der Waals surface area contributed by atoms with Crippen LogP contribution in [0, 0.1) is 11.6 Å². The van der Waals surface area contributed by atoms with Crippen LogP contribution in [-0.2, 0) is 9.59 Å². The molecule has 2 amide bonds. The molecular weight excluding hydrogens is 314 g/mol. The average Bonchev–Trinajstić information content (AvgIpc) is 2.77. The second-order valence-electron chi connectivity index (χ2n) is 6.27. The number of hydrogen-bond donors (Lipinski definition) is 1. The number of carbonyl (C=O) groups excluding carboxylic acids is 2. The predicted octanol–water partition coefficient (Wildman–Crippen LogP) is 3.55. The average molecular weight is 338 g/mol. The van der Waals surface area contributed by atoms with Crippen molar-refractivity contribution in [3.05, 3.63) is 29.8 Å². The lowest BCUT2D eigenvalue weighted by Crippen LogP contribution is -2.38. The molecule has 0 aromatic heterocycles. The van der Waals surface area contributed by atoms with Crippen LogP contribution in [0.5, 0.6) is 0 Å². The van der Waals surface area contributed by atoms with E-state index in [4.69, 9.17) is 0 Å². The Labute approximate surface area is 141 Å². The third kappa shape index (κ3) is 5.28. The van der Waals surface area contributed by atoms with Crippen LogP contribution in [-0.4, -0.2) is 24.4 Å². The Morgan fingerprint density at radius 3 is 2.42 bits per heavy atom. The van der Waals surface area contributed by atoms with E-state index in [0.29, 0.717) is 0 Å². The zero-order valence-corrected chi connectivity index (χ0v) is 14.0. The van der Waals surface area contributed by atoms with Crippen LogP contribution in [0.1, 0.15) is 51.9 Å². The summed E-state index contributed by atoms with van der Waals surface area (Å²) in [6.45, 7) is 1.36. The maximum atomic E-state index is 13.9. The van der Waals surface area contributed by atoms with E-state index in [0.717, 1.165) is 37.8 Å². The zero-order valence-electron chi connectivity index (χ0n) is 14.0. The van der Waals surface area contributed by atoms with E-state index in [1.165, 1.54) is 30.7 Å². The van der Waals surface area contributed by atoms with Crippen LogP contribution < -0.4 is 10.2 Å². The van der Waals surface area contributed by atoms with Gasteiger partial charge < -0.3 is 10.2 Å². The molecule has 0 aliphatic heterocycles. The molecule has 1 saturated carbocycles. The monoisotopic (exact) mass is 338 g/mol. The van der Waals surface area contributed by atoms with Crippen molar-refractivity contribution in [1.82, 2.24) is 5.32 Å². The van der Waals surface area contributed by atoms with Gasteiger partial charge in [-0.15, -0.1) is 0 Å². The number of anilines is 1. The maximum Gasteiger partial charge on any atom is 0.223 e. The van der Waals surface area contributed by atoms with Crippen molar-refractivity contribution in [3.8, 4) is 0 Å². The molecule has 0 spiro atoms. The van der Waals surface area contributed by atoms with E-state index in [1.54, 1.807) is 0 Å². The standard InChI is InChI=1S/C18H24F2N2O2/c1-13(23)22(17-9-8-14(19)12-16(17)20)11-10-18(24)21-15-6-4-2-3-5-7-15/h8-9,12,15H,2-7,10-11H2,1H3,(H,21,24). The lowest BCUT2D eigenvalue weighted by molar-refractivity contribution is -0.121. The Morgan fingerprint density at radius 1 is 1.17 bits per heavy atom. The number of carbonyl (C=O) groups is 2. The fraction of sp³-hybridized carbons (Fsp3) is 0.556. The zero-order chi connectivity index (χ0) is 17.5. The van der Waals surface area contributed by atoms with Crippen LogP contribution in [0.2, 0.25) is 0 Å². The largest absolute Gasteiger partial charge is 0.353 e. The minimum Gasteiger partial charge on any atom is -0.353 e. The third-order valence-corrected chi connectivity index (χ3v) is 4.36. The van der Waals surface area contributed by atoms with Crippen molar-refractivity contribution in [2.45, 2.75) is 57.9 Å². The van der Waals surface area contributed by atoms with E-state index in [9.17, 15) is 18.4 Å². The van der Waals surface area contributed by atoms with Gasteiger partial charge in [-0.25, -0.2) is 8.78 Å². The van der Waals surface area contributed by atoms with E-state index in [1.807, 2.05) is 0 Å². The molecule has 1 aromatic carbocycles. The van der Waals surface area contributed by atoms with Crippen molar-refractivity contribution in [3.63, 3.8) is 0 Å². The second-order valence-corrected chi connectivity index (χ2v) is 6.27. The molecule has 0 saturated heterocycles. The molecule has 4 nitrogen and oxygen atoms in total. The Bertz CT molecular complexity index is 584. The molecule has 6 heteroatoms. The summed E-state index contributed by atoms with van der Waals surface area (Å²) in [5.41, 5.74) is -0.00818. The molecule has 1 aliphatic carbocycles. The van der Waals surface area contributed by atoms with E-state index in [-0.39, 0.29) is 36.5 Å². The lowest BCUT2D eigenvalue weighted by Gasteiger charge is -2.22. The van der Waals surface area contributed by atoms with Crippen LogP contribution >= 0.6 is 0 Å². The van der Waals surface area contributed by atoms with Gasteiger partial charge in [0.25, 0.3) is 0 Å². The number of hydrogen-bond acceptors (Lipinski definition) is 2. The molecule has 1 aromatic rings. The molecule has 1 aliphatic rings. The molecule has 1 fully saturated rings. The first-order valence-electron chi connectivity index (χ1n) is 8.50. The van der Waals surface area contributed by atoms with Crippen molar-refractivity contribution in [1.29, 1.82) is 0 Å². The summed E-state index contributed by atoms with van der Waals surface area (Å²) in [6.07, 6.45) is 6.69. The summed E-state index contributed by atoms with van der Waals surface area (Å²) >= 11 is 0. The first-order chi connectivity index (χ1) is 11.5. The fourth-order valence-corrected chi connectivity index (χ4v) is 3.08. The molecule has 1 N–H and O–H groups in total. The quantitative estimate of drug-likeness (QED) is 0.835. The Balaban J connectivity index is 1.93. The second kappa shape index (κ2) is 8.76. The first kappa shape index (κ1) is 18.4. The molecular formula is C18H24F2N2O2. The minimum atomic E-state index is -0.811. The summed E-state index contributed by atoms with van der Waals surface area (Å²) in [4.78, 5) is 25.0. The van der Waals surface area contributed by atoms with E-state index >= 15 is 0 Å². The van der Waals surface area contributed by atoms with Crippen molar-refractivity contribution in [2.75, 3.05) is 11.4 Å². The molecule has 0 unspecified atom stereocenters. The predicted molar refractivity (Wildman–Crippen MR) is 88.6 cm³/mol. The maximum absolute atomic E-state index is 13.9. The number of rotatable bonds is 5. The summed E-state index contributed by atoms with van der Waals surface area (Å²) in [7, 11) is 0. The molecule has 0 heterocycles. The molecule has 0 atom stereocenters. The van der Waals surface area contributed by atoms with E-state index in [2.05, 4.69) is 5.32 Å². The van der Waals surface area contributed by atoms with Crippen LogP contribution in [0.25, 0.3) is 0 Å². The van der Waals surface area contributed by atoms with Crippen molar-refractivity contribution in [2.24, 2.45) is 0 Å². The summed E-state index contributed by atoms with van der Waals surface area (Å²) in [5, 5.41) is 3.00. The smallest absolute Gasteiger partial charge is 0.223 e.